The lowest BCUT2D eigenvalue weighted by atomic mass is 10.2. The third-order valence-corrected chi connectivity index (χ3v) is 3.75. The molecule has 0 bridgehead atoms. The van der Waals surface area contributed by atoms with Gasteiger partial charge in [0.05, 0.1) is 5.52 Å². The topological polar surface area (TPSA) is 20.7 Å². The van der Waals surface area contributed by atoms with E-state index in [4.69, 9.17) is 12.2 Å². The normalized spacial score (nSPS) is 17.6. The lowest BCUT2D eigenvalue weighted by Crippen LogP contribution is -2.07. The summed E-state index contributed by atoms with van der Waals surface area (Å²) in [4.78, 5) is 2.82. The standard InChI is InChI=1S/C12H12F2N2S/c1-6(7-2-3-7)16-10-5-8(13)4-9(14)11(10)15-12(16)17/h4-7H,2-3H2,1H3,(H,15,17). The predicted molar refractivity (Wildman–Crippen MR) is 64.5 cm³/mol. The molecular weight excluding hydrogens is 242 g/mol. The van der Waals surface area contributed by atoms with Gasteiger partial charge in [0.15, 0.2) is 10.6 Å². The zero-order chi connectivity index (χ0) is 12.2. The number of benzene rings is 1. The summed E-state index contributed by atoms with van der Waals surface area (Å²) in [6, 6.07) is 2.40. The van der Waals surface area contributed by atoms with E-state index in [0.29, 0.717) is 21.7 Å². The van der Waals surface area contributed by atoms with E-state index in [9.17, 15) is 8.78 Å². The maximum absolute atomic E-state index is 13.6. The highest BCUT2D eigenvalue weighted by molar-refractivity contribution is 7.71. The maximum Gasteiger partial charge on any atom is 0.178 e. The van der Waals surface area contributed by atoms with Crippen LogP contribution < -0.4 is 0 Å². The minimum Gasteiger partial charge on any atom is -0.328 e. The van der Waals surface area contributed by atoms with Gasteiger partial charge in [-0.05, 0) is 44.0 Å². The molecule has 2 aromatic rings. The smallest absolute Gasteiger partial charge is 0.178 e. The molecule has 5 heteroatoms. The van der Waals surface area contributed by atoms with Crippen molar-refractivity contribution in [3.8, 4) is 0 Å². The van der Waals surface area contributed by atoms with Crippen LogP contribution in [0.1, 0.15) is 25.8 Å². The molecule has 17 heavy (non-hydrogen) atoms. The Morgan fingerprint density at radius 1 is 1.41 bits per heavy atom. The van der Waals surface area contributed by atoms with Crippen LogP contribution in [-0.4, -0.2) is 9.55 Å². The number of fused-ring (bicyclic) bond motifs is 1. The van der Waals surface area contributed by atoms with Crippen LogP contribution in [0.3, 0.4) is 0 Å². The van der Waals surface area contributed by atoms with Gasteiger partial charge in [0, 0.05) is 12.1 Å². The number of aromatic nitrogens is 2. The van der Waals surface area contributed by atoms with Crippen molar-refractivity contribution >= 4 is 23.3 Å². The molecule has 0 spiro atoms. The summed E-state index contributed by atoms with van der Waals surface area (Å²) in [5.74, 6) is -0.583. The van der Waals surface area contributed by atoms with Gasteiger partial charge in [0.1, 0.15) is 11.3 Å². The number of hydrogen-bond acceptors (Lipinski definition) is 1. The van der Waals surface area contributed by atoms with Crippen LogP contribution in [-0.2, 0) is 0 Å². The zero-order valence-electron chi connectivity index (χ0n) is 9.34. The average molecular weight is 254 g/mol. The van der Waals surface area contributed by atoms with Crippen molar-refractivity contribution in [1.29, 1.82) is 0 Å². The summed E-state index contributed by atoms with van der Waals surface area (Å²) in [6.45, 7) is 2.05. The number of nitrogens with one attached hydrogen (secondary N) is 1. The average Bonchev–Trinajstić information content (AvgIpc) is 3.02. The molecule has 90 valence electrons. The molecule has 0 saturated heterocycles. The number of H-pyrrole nitrogens is 1. The van der Waals surface area contributed by atoms with E-state index in [0.717, 1.165) is 18.9 Å². The second kappa shape index (κ2) is 3.63. The lowest BCUT2D eigenvalue weighted by Gasteiger charge is -2.13. The molecule has 1 saturated carbocycles. The fourth-order valence-corrected chi connectivity index (χ4v) is 2.71. The van der Waals surface area contributed by atoms with Crippen LogP contribution in [0.25, 0.3) is 11.0 Å². The minimum absolute atomic E-state index is 0.192. The number of halogens is 2. The van der Waals surface area contributed by atoms with E-state index < -0.39 is 11.6 Å². The Morgan fingerprint density at radius 3 is 2.76 bits per heavy atom. The first-order valence-corrected chi connectivity index (χ1v) is 6.08. The minimum atomic E-state index is -0.590. The summed E-state index contributed by atoms with van der Waals surface area (Å²) >= 11 is 5.20. The van der Waals surface area contributed by atoms with E-state index in [-0.39, 0.29) is 6.04 Å². The van der Waals surface area contributed by atoms with Gasteiger partial charge >= 0.3 is 0 Å². The van der Waals surface area contributed by atoms with Gasteiger partial charge in [0.2, 0.25) is 0 Å². The second-order valence-corrected chi connectivity index (χ2v) is 5.05. The van der Waals surface area contributed by atoms with Crippen LogP contribution in [0.5, 0.6) is 0 Å². The van der Waals surface area contributed by atoms with Crippen molar-refractivity contribution in [2.75, 3.05) is 0 Å². The van der Waals surface area contributed by atoms with E-state index in [2.05, 4.69) is 4.98 Å². The highest BCUT2D eigenvalue weighted by atomic mass is 32.1. The van der Waals surface area contributed by atoms with Crippen molar-refractivity contribution in [3.05, 3.63) is 28.5 Å². The highest BCUT2D eigenvalue weighted by Crippen LogP contribution is 2.41. The van der Waals surface area contributed by atoms with Gasteiger partial charge in [-0.25, -0.2) is 8.78 Å². The molecule has 1 aromatic carbocycles. The summed E-state index contributed by atoms with van der Waals surface area (Å²) in [5, 5.41) is 0. The van der Waals surface area contributed by atoms with Gasteiger partial charge in [-0.2, -0.15) is 0 Å². The first-order chi connectivity index (χ1) is 8.08. The molecule has 1 atom stereocenters. The summed E-state index contributed by atoms with van der Waals surface area (Å²) < 4.78 is 29.1. The van der Waals surface area contributed by atoms with Crippen LogP contribution in [0.4, 0.5) is 8.78 Å². The molecule has 0 aliphatic heterocycles. The van der Waals surface area contributed by atoms with Crippen molar-refractivity contribution < 1.29 is 8.78 Å². The van der Waals surface area contributed by atoms with E-state index in [1.165, 1.54) is 6.07 Å². The molecule has 0 amide bonds. The van der Waals surface area contributed by atoms with Gasteiger partial charge in [-0.15, -0.1) is 0 Å². The van der Waals surface area contributed by atoms with E-state index in [1.807, 2.05) is 11.5 Å². The Hall–Kier alpha value is -1.23. The van der Waals surface area contributed by atoms with Crippen LogP contribution in [0.2, 0.25) is 0 Å². The van der Waals surface area contributed by atoms with Crippen LogP contribution >= 0.6 is 12.2 Å². The first kappa shape index (κ1) is 10.9. The molecule has 1 unspecified atom stereocenters. The Balaban J connectivity index is 2.29. The molecule has 1 aliphatic carbocycles. The molecule has 2 nitrogen and oxygen atoms in total. The quantitative estimate of drug-likeness (QED) is 0.805. The fourth-order valence-electron chi connectivity index (χ4n) is 2.34. The van der Waals surface area contributed by atoms with Crippen molar-refractivity contribution in [3.63, 3.8) is 0 Å². The summed E-state index contributed by atoms with van der Waals surface area (Å²) in [6.07, 6.45) is 2.32. The van der Waals surface area contributed by atoms with E-state index >= 15 is 0 Å². The predicted octanol–water partition coefficient (Wildman–Crippen LogP) is 3.95. The van der Waals surface area contributed by atoms with Gasteiger partial charge in [-0.1, -0.05) is 0 Å². The molecule has 1 N–H and O–H groups in total. The molecule has 1 aromatic heterocycles. The van der Waals surface area contributed by atoms with E-state index in [1.54, 1.807) is 0 Å². The largest absolute Gasteiger partial charge is 0.328 e. The molecule has 3 rings (SSSR count). The SMILES string of the molecule is CC(C1CC1)n1c(=S)[nH]c2c(F)cc(F)cc21. The van der Waals surface area contributed by atoms with Gasteiger partial charge in [0.25, 0.3) is 0 Å². The van der Waals surface area contributed by atoms with Gasteiger partial charge < -0.3 is 9.55 Å². The number of hydrogen-bond donors (Lipinski definition) is 1. The Morgan fingerprint density at radius 2 is 2.12 bits per heavy atom. The highest BCUT2D eigenvalue weighted by Gasteiger charge is 2.30. The first-order valence-electron chi connectivity index (χ1n) is 5.67. The third-order valence-electron chi connectivity index (χ3n) is 3.46. The number of rotatable bonds is 2. The Bertz CT molecular complexity index is 640. The third kappa shape index (κ3) is 1.69. The lowest BCUT2D eigenvalue weighted by molar-refractivity contribution is 0.491. The Labute approximate surface area is 102 Å². The molecule has 1 aliphatic rings. The monoisotopic (exact) mass is 254 g/mol. The number of aromatic amines is 1. The molecular formula is C12H12F2N2S. The van der Waals surface area contributed by atoms with Crippen LogP contribution in [0.15, 0.2) is 12.1 Å². The number of imidazole rings is 1. The fraction of sp³-hybridized carbons (Fsp3) is 0.417. The molecule has 1 heterocycles. The summed E-state index contributed by atoms with van der Waals surface area (Å²) in [5.41, 5.74) is 0.816. The number of nitrogens with zero attached hydrogens (tertiary/aromatic N) is 1. The summed E-state index contributed by atoms with van der Waals surface area (Å²) in [7, 11) is 0. The van der Waals surface area contributed by atoms with Gasteiger partial charge in [-0.3, -0.25) is 0 Å². The zero-order valence-corrected chi connectivity index (χ0v) is 10.2. The van der Waals surface area contributed by atoms with Crippen molar-refractivity contribution in [2.45, 2.75) is 25.8 Å². The van der Waals surface area contributed by atoms with Crippen molar-refractivity contribution in [1.82, 2.24) is 9.55 Å². The molecule has 0 radical (unpaired) electrons. The molecule has 1 fully saturated rings. The van der Waals surface area contributed by atoms with Crippen LogP contribution in [0, 0.1) is 22.3 Å². The van der Waals surface area contributed by atoms with Crippen molar-refractivity contribution in [2.24, 2.45) is 5.92 Å². The second-order valence-electron chi connectivity index (χ2n) is 4.66. The maximum atomic E-state index is 13.6. The Kier molecular flexibility index (Phi) is 2.33.